The highest BCUT2D eigenvalue weighted by Crippen LogP contribution is 2.21. The lowest BCUT2D eigenvalue weighted by molar-refractivity contribution is 0.236. The Morgan fingerprint density at radius 3 is 2.41 bits per heavy atom. The van der Waals surface area contributed by atoms with E-state index in [1.165, 1.54) is 32.9 Å². The van der Waals surface area contributed by atoms with Crippen LogP contribution in [0.15, 0.2) is 64.2 Å². The minimum absolute atomic E-state index is 0.293. The standard InChI is InChI=1S/C25H27N5O2/c1-27-23-22(24(31)28(2)25(27)32)30(15-12-18-8-4-3-5-9-18)21(26-23)17-29-14-13-19-10-6-7-11-20(19)16-29/h3-11H,12-17H2,1-2H3. The lowest BCUT2D eigenvalue weighted by Gasteiger charge is -2.28. The molecule has 0 saturated heterocycles. The van der Waals surface area contributed by atoms with Crippen molar-refractivity contribution in [2.24, 2.45) is 14.1 Å². The first kappa shape index (κ1) is 20.5. The van der Waals surface area contributed by atoms with Crippen molar-refractivity contribution in [3.05, 3.63) is 98.0 Å². The predicted molar refractivity (Wildman–Crippen MR) is 125 cm³/mol. The first-order valence-electron chi connectivity index (χ1n) is 11.0. The van der Waals surface area contributed by atoms with Gasteiger partial charge in [-0.05, 0) is 29.5 Å². The van der Waals surface area contributed by atoms with Crippen LogP contribution >= 0.6 is 0 Å². The number of hydrogen-bond acceptors (Lipinski definition) is 4. The number of aromatic nitrogens is 4. The normalized spacial score (nSPS) is 14.1. The molecule has 2 aromatic carbocycles. The third kappa shape index (κ3) is 3.58. The molecule has 0 radical (unpaired) electrons. The zero-order valence-corrected chi connectivity index (χ0v) is 18.5. The minimum atomic E-state index is -0.353. The summed E-state index contributed by atoms with van der Waals surface area (Å²) < 4.78 is 4.67. The molecule has 3 heterocycles. The second-order valence-electron chi connectivity index (χ2n) is 8.52. The molecule has 0 spiro atoms. The Morgan fingerprint density at radius 1 is 0.906 bits per heavy atom. The first-order valence-corrected chi connectivity index (χ1v) is 11.0. The molecule has 7 nitrogen and oxygen atoms in total. The smallest absolute Gasteiger partial charge is 0.321 e. The molecule has 0 aliphatic carbocycles. The highest BCUT2D eigenvalue weighted by molar-refractivity contribution is 5.71. The van der Waals surface area contributed by atoms with E-state index >= 15 is 0 Å². The van der Waals surface area contributed by atoms with Gasteiger partial charge in [-0.15, -0.1) is 0 Å². The monoisotopic (exact) mass is 429 g/mol. The molecule has 0 atom stereocenters. The van der Waals surface area contributed by atoms with Gasteiger partial charge < -0.3 is 4.57 Å². The topological polar surface area (TPSA) is 65.1 Å². The molecule has 1 aliphatic heterocycles. The van der Waals surface area contributed by atoms with Crippen LogP contribution in [0.2, 0.25) is 0 Å². The third-order valence-corrected chi connectivity index (χ3v) is 6.47. The Hall–Kier alpha value is -3.45. The average molecular weight is 430 g/mol. The van der Waals surface area contributed by atoms with Crippen molar-refractivity contribution in [2.45, 2.75) is 32.5 Å². The minimum Gasteiger partial charge on any atom is -0.321 e. The van der Waals surface area contributed by atoms with Crippen LogP contribution in [0, 0.1) is 0 Å². The molecule has 0 bridgehead atoms. The Bertz CT molecular complexity index is 1400. The number of nitrogens with zero attached hydrogens (tertiary/aromatic N) is 5. The van der Waals surface area contributed by atoms with Crippen LogP contribution in [-0.2, 0) is 46.6 Å². The highest BCUT2D eigenvalue weighted by Gasteiger charge is 2.22. The lowest BCUT2D eigenvalue weighted by Crippen LogP contribution is -2.37. The van der Waals surface area contributed by atoms with Crippen LogP contribution in [-0.4, -0.2) is 30.1 Å². The fraction of sp³-hybridized carbons (Fsp3) is 0.320. The number of imidazole rings is 1. The number of aryl methyl sites for hydroxylation is 3. The van der Waals surface area contributed by atoms with Crippen molar-refractivity contribution in [3.63, 3.8) is 0 Å². The third-order valence-electron chi connectivity index (χ3n) is 6.47. The molecule has 0 amide bonds. The van der Waals surface area contributed by atoms with E-state index in [2.05, 4.69) is 41.3 Å². The molecule has 1 aliphatic rings. The molecule has 4 aromatic rings. The molecule has 0 N–H and O–H groups in total. The van der Waals surface area contributed by atoms with Gasteiger partial charge in [-0.25, -0.2) is 9.78 Å². The summed E-state index contributed by atoms with van der Waals surface area (Å²) in [5.74, 6) is 0.827. The second kappa shape index (κ2) is 8.24. The zero-order valence-electron chi connectivity index (χ0n) is 18.5. The summed E-state index contributed by atoms with van der Waals surface area (Å²) in [6, 6.07) is 18.8. The van der Waals surface area contributed by atoms with E-state index in [0.29, 0.717) is 24.3 Å². The maximum atomic E-state index is 13.1. The Morgan fingerprint density at radius 2 is 1.62 bits per heavy atom. The summed E-state index contributed by atoms with van der Waals surface area (Å²) in [6.45, 7) is 3.06. The molecule has 5 rings (SSSR count). The summed E-state index contributed by atoms with van der Waals surface area (Å²) in [6.07, 6.45) is 1.79. The summed E-state index contributed by atoms with van der Waals surface area (Å²) in [5, 5.41) is 0. The molecule has 0 fully saturated rings. The molecular weight excluding hydrogens is 402 g/mol. The maximum absolute atomic E-state index is 13.1. The summed E-state index contributed by atoms with van der Waals surface area (Å²) in [4.78, 5) is 32.7. The van der Waals surface area contributed by atoms with E-state index in [1.54, 1.807) is 7.05 Å². The van der Waals surface area contributed by atoms with Crippen molar-refractivity contribution in [1.82, 2.24) is 23.6 Å². The fourth-order valence-corrected chi connectivity index (χ4v) is 4.63. The van der Waals surface area contributed by atoms with Crippen LogP contribution < -0.4 is 11.2 Å². The van der Waals surface area contributed by atoms with Crippen LogP contribution in [0.4, 0.5) is 0 Å². The van der Waals surface area contributed by atoms with E-state index in [9.17, 15) is 9.59 Å². The summed E-state index contributed by atoms with van der Waals surface area (Å²) in [5.41, 5.74) is 4.25. The van der Waals surface area contributed by atoms with E-state index in [4.69, 9.17) is 4.98 Å². The summed E-state index contributed by atoms with van der Waals surface area (Å²) >= 11 is 0. The first-order chi connectivity index (χ1) is 15.5. The van der Waals surface area contributed by atoms with Gasteiger partial charge in [0.2, 0.25) is 0 Å². The van der Waals surface area contributed by atoms with Crippen molar-refractivity contribution in [3.8, 4) is 0 Å². The van der Waals surface area contributed by atoms with Crippen LogP contribution in [0.5, 0.6) is 0 Å². The van der Waals surface area contributed by atoms with Crippen molar-refractivity contribution in [2.75, 3.05) is 6.54 Å². The maximum Gasteiger partial charge on any atom is 0.332 e. The van der Waals surface area contributed by atoms with Gasteiger partial charge in [0.15, 0.2) is 11.2 Å². The average Bonchev–Trinajstić information content (AvgIpc) is 3.18. The summed E-state index contributed by atoms with van der Waals surface area (Å²) in [7, 11) is 3.21. The Labute approximate surface area is 186 Å². The van der Waals surface area contributed by atoms with E-state index in [0.717, 1.165) is 31.8 Å². The molecule has 0 unspecified atom stereocenters. The van der Waals surface area contributed by atoms with Crippen LogP contribution in [0.1, 0.15) is 22.5 Å². The second-order valence-corrected chi connectivity index (χ2v) is 8.52. The molecule has 0 saturated carbocycles. The zero-order chi connectivity index (χ0) is 22.2. The van der Waals surface area contributed by atoms with Gasteiger partial charge in [-0.2, -0.15) is 0 Å². The van der Waals surface area contributed by atoms with Gasteiger partial charge in [0.25, 0.3) is 5.56 Å². The molecule has 7 heteroatoms. The fourth-order valence-electron chi connectivity index (χ4n) is 4.63. The SMILES string of the molecule is Cn1c(=O)c2c(nc(CN3CCc4ccccc4C3)n2CCc2ccccc2)n(C)c1=O. The van der Waals surface area contributed by atoms with E-state index < -0.39 is 0 Å². The number of hydrogen-bond donors (Lipinski definition) is 0. The Kier molecular flexibility index (Phi) is 5.27. The van der Waals surface area contributed by atoms with Gasteiger partial charge in [-0.1, -0.05) is 54.6 Å². The number of rotatable bonds is 5. The van der Waals surface area contributed by atoms with Gasteiger partial charge in [0.1, 0.15) is 5.82 Å². The van der Waals surface area contributed by atoms with Gasteiger partial charge in [0.05, 0.1) is 6.54 Å². The van der Waals surface area contributed by atoms with E-state index in [-0.39, 0.29) is 11.2 Å². The predicted octanol–water partition coefficient (Wildman–Crippen LogP) is 2.23. The van der Waals surface area contributed by atoms with Gasteiger partial charge in [-0.3, -0.25) is 18.8 Å². The van der Waals surface area contributed by atoms with Crippen molar-refractivity contribution in [1.29, 1.82) is 0 Å². The largest absolute Gasteiger partial charge is 0.332 e. The lowest BCUT2D eigenvalue weighted by atomic mass is 10.00. The van der Waals surface area contributed by atoms with Gasteiger partial charge in [0, 0.05) is 33.7 Å². The van der Waals surface area contributed by atoms with Crippen LogP contribution in [0.3, 0.4) is 0 Å². The molecule has 32 heavy (non-hydrogen) atoms. The highest BCUT2D eigenvalue weighted by atomic mass is 16.2. The quantitative estimate of drug-likeness (QED) is 0.488. The number of fused-ring (bicyclic) bond motifs is 2. The Balaban J connectivity index is 1.55. The molecule has 164 valence electrons. The van der Waals surface area contributed by atoms with Crippen LogP contribution in [0.25, 0.3) is 11.2 Å². The van der Waals surface area contributed by atoms with Crippen molar-refractivity contribution >= 4 is 11.2 Å². The molecule has 2 aromatic heterocycles. The molecular formula is C25H27N5O2. The number of benzene rings is 2. The van der Waals surface area contributed by atoms with E-state index in [1.807, 2.05) is 22.8 Å². The van der Waals surface area contributed by atoms with Gasteiger partial charge >= 0.3 is 5.69 Å². The van der Waals surface area contributed by atoms with Crippen molar-refractivity contribution < 1.29 is 0 Å².